The van der Waals surface area contributed by atoms with E-state index in [-0.39, 0.29) is 5.91 Å². The van der Waals surface area contributed by atoms with Gasteiger partial charge in [0.15, 0.2) is 5.13 Å². The number of aryl methyl sites for hydroxylation is 3. The first kappa shape index (κ1) is 18.4. The molecule has 0 saturated carbocycles. The lowest BCUT2D eigenvalue weighted by molar-refractivity contribution is -0.118. The molecule has 0 spiro atoms. The fourth-order valence-electron chi connectivity index (χ4n) is 3.33. The molecule has 5 heteroatoms. The van der Waals surface area contributed by atoms with Crippen molar-refractivity contribution in [1.82, 2.24) is 4.98 Å². The van der Waals surface area contributed by atoms with E-state index in [0.29, 0.717) is 19.4 Å². The SMILES string of the molecule is Cc1cc(C)c2sc(N(Cc3ccco3)C(=O)CCc3ccccc3)nc2c1. The normalized spacial score (nSPS) is 11.1. The second kappa shape index (κ2) is 7.98. The number of aromatic nitrogens is 1. The number of fused-ring (bicyclic) bond motifs is 1. The van der Waals surface area contributed by atoms with Crippen molar-refractivity contribution in [3.63, 3.8) is 0 Å². The lowest BCUT2D eigenvalue weighted by Gasteiger charge is -2.18. The summed E-state index contributed by atoms with van der Waals surface area (Å²) >= 11 is 1.56. The zero-order chi connectivity index (χ0) is 19.5. The van der Waals surface area contributed by atoms with Crippen LogP contribution < -0.4 is 4.90 Å². The lowest BCUT2D eigenvalue weighted by atomic mass is 10.1. The number of amides is 1. The molecule has 0 N–H and O–H groups in total. The Kier molecular flexibility index (Phi) is 5.26. The molecule has 28 heavy (non-hydrogen) atoms. The minimum Gasteiger partial charge on any atom is -0.467 e. The van der Waals surface area contributed by atoms with Crippen molar-refractivity contribution in [2.75, 3.05) is 4.90 Å². The van der Waals surface area contributed by atoms with E-state index < -0.39 is 0 Å². The number of furan rings is 1. The summed E-state index contributed by atoms with van der Waals surface area (Å²) in [6, 6.07) is 18.0. The maximum atomic E-state index is 13.1. The number of nitrogens with zero attached hydrogens (tertiary/aromatic N) is 2. The van der Waals surface area contributed by atoms with Gasteiger partial charge in [0, 0.05) is 6.42 Å². The Bertz CT molecular complexity index is 1080. The molecule has 4 rings (SSSR count). The van der Waals surface area contributed by atoms with Crippen molar-refractivity contribution in [1.29, 1.82) is 0 Å². The number of carbonyl (C=O) groups excluding carboxylic acids is 1. The van der Waals surface area contributed by atoms with E-state index in [4.69, 9.17) is 9.40 Å². The molecule has 0 saturated heterocycles. The van der Waals surface area contributed by atoms with Crippen LogP contribution in [0.5, 0.6) is 0 Å². The van der Waals surface area contributed by atoms with Gasteiger partial charge in [-0.1, -0.05) is 47.7 Å². The Morgan fingerprint density at radius 1 is 1.11 bits per heavy atom. The van der Waals surface area contributed by atoms with E-state index in [1.165, 1.54) is 11.1 Å². The second-order valence-electron chi connectivity index (χ2n) is 6.97. The monoisotopic (exact) mass is 390 g/mol. The predicted molar refractivity (Wildman–Crippen MR) is 114 cm³/mol. The van der Waals surface area contributed by atoms with Crippen molar-refractivity contribution >= 4 is 32.6 Å². The van der Waals surface area contributed by atoms with Gasteiger partial charge >= 0.3 is 0 Å². The first-order valence-corrected chi connectivity index (χ1v) is 10.2. The van der Waals surface area contributed by atoms with Gasteiger partial charge in [0.2, 0.25) is 5.91 Å². The molecule has 0 unspecified atom stereocenters. The highest BCUT2D eigenvalue weighted by atomic mass is 32.1. The molecular weight excluding hydrogens is 368 g/mol. The molecular formula is C23H22N2O2S. The van der Waals surface area contributed by atoms with Crippen LogP contribution in [0.3, 0.4) is 0 Å². The molecule has 0 atom stereocenters. The molecule has 0 bridgehead atoms. The summed E-state index contributed by atoms with van der Waals surface area (Å²) in [5, 5.41) is 0.721. The van der Waals surface area contributed by atoms with E-state index in [1.807, 2.05) is 42.5 Å². The maximum Gasteiger partial charge on any atom is 0.229 e. The molecule has 4 aromatic rings. The van der Waals surface area contributed by atoms with Crippen LogP contribution in [0, 0.1) is 13.8 Å². The van der Waals surface area contributed by atoms with Gasteiger partial charge in [0.1, 0.15) is 5.76 Å². The van der Waals surface area contributed by atoms with Crippen molar-refractivity contribution in [3.05, 3.63) is 83.3 Å². The number of hydrogen-bond acceptors (Lipinski definition) is 4. The molecule has 0 aliphatic carbocycles. The van der Waals surface area contributed by atoms with Crippen LogP contribution in [0.25, 0.3) is 10.2 Å². The van der Waals surface area contributed by atoms with Gasteiger partial charge < -0.3 is 4.42 Å². The molecule has 2 aromatic carbocycles. The van der Waals surface area contributed by atoms with Crippen LogP contribution in [0.4, 0.5) is 5.13 Å². The minimum absolute atomic E-state index is 0.0497. The quantitative estimate of drug-likeness (QED) is 0.426. The Hall–Kier alpha value is -2.92. The maximum absolute atomic E-state index is 13.1. The molecule has 0 radical (unpaired) electrons. The average molecular weight is 391 g/mol. The summed E-state index contributed by atoms with van der Waals surface area (Å²) in [5.74, 6) is 0.800. The van der Waals surface area contributed by atoms with Crippen molar-refractivity contribution in [2.45, 2.75) is 33.2 Å². The van der Waals surface area contributed by atoms with Crippen LogP contribution in [0.2, 0.25) is 0 Å². The van der Waals surface area contributed by atoms with E-state index in [9.17, 15) is 4.79 Å². The van der Waals surface area contributed by atoms with Crippen LogP contribution in [0.1, 0.15) is 28.9 Å². The standard InChI is InChI=1S/C23H22N2O2S/c1-16-13-17(2)22-20(14-16)24-23(28-22)25(15-19-9-6-12-27-19)21(26)11-10-18-7-4-3-5-8-18/h3-9,12-14H,10-11,15H2,1-2H3. The van der Waals surface area contributed by atoms with E-state index in [1.54, 1.807) is 22.5 Å². The van der Waals surface area contributed by atoms with Gasteiger partial charge in [-0.15, -0.1) is 0 Å². The third-order valence-corrected chi connectivity index (χ3v) is 5.93. The summed E-state index contributed by atoms with van der Waals surface area (Å²) in [6.45, 7) is 4.54. The van der Waals surface area contributed by atoms with Crippen molar-refractivity contribution in [2.24, 2.45) is 0 Å². The van der Waals surface area contributed by atoms with E-state index in [0.717, 1.165) is 26.7 Å². The number of rotatable bonds is 6. The molecule has 2 aromatic heterocycles. The van der Waals surface area contributed by atoms with Gasteiger partial charge in [-0.25, -0.2) is 4.98 Å². The second-order valence-corrected chi connectivity index (χ2v) is 7.95. The van der Waals surface area contributed by atoms with Gasteiger partial charge in [-0.2, -0.15) is 0 Å². The zero-order valence-corrected chi connectivity index (χ0v) is 16.8. The average Bonchev–Trinajstić information content (AvgIpc) is 3.34. The topological polar surface area (TPSA) is 46.3 Å². The highest BCUT2D eigenvalue weighted by Crippen LogP contribution is 2.33. The Morgan fingerprint density at radius 3 is 2.68 bits per heavy atom. The fraction of sp³-hybridized carbons (Fsp3) is 0.217. The third kappa shape index (κ3) is 3.99. The smallest absolute Gasteiger partial charge is 0.229 e. The number of thiazole rings is 1. The van der Waals surface area contributed by atoms with Gasteiger partial charge in [-0.3, -0.25) is 9.69 Å². The fourth-order valence-corrected chi connectivity index (χ4v) is 4.36. The minimum atomic E-state index is 0.0497. The van der Waals surface area contributed by atoms with Crippen LogP contribution in [-0.2, 0) is 17.8 Å². The lowest BCUT2D eigenvalue weighted by Crippen LogP contribution is -2.30. The summed E-state index contributed by atoms with van der Waals surface area (Å²) in [4.78, 5) is 19.6. The largest absolute Gasteiger partial charge is 0.467 e. The molecule has 0 fully saturated rings. The number of hydrogen-bond donors (Lipinski definition) is 0. The molecule has 0 aliphatic heterocycles. The number of benzene rings is 2. The highest BCUT2D eigenvalue weighted by molar-refractivity contribution is 7.22. The van der Waals surface area contributed by atoms with E-state index in [2.05, 4.69) is 26.0 Å². The number of anilines is 1. The van der Waals surface area contributed by atoms with Gasteiger partial charge in [0.05, 0.1) is 23.0 Å². The van der Waals surface area contributed by atoms with Crippen molar-refractivity contribution < 1.29 is 9.21 Å². The molecule has 4 nitrogen and oxygen atoms in total. The van der Waals surface area contributed by atoms with Crippen LogP contribution in [0.15, 0.2) is 65.3 Å². The van der Waals surface area contributed by atoms with Crippen LogP contribution in [-0.4, -0.2) is 10.9 Å². The van der Waals surface area contributed by atoms with Crippen LogP contribution >= 0.6 is 11.3 Å². The molecule has 0 aliphatic rings. The molecule has 1 amide bonds. The predicted octanol–water partition coefficient (Wildman–Crippen LogP) is 5.67. The van der Waals surface area contributed by atoms with E-state index >= 15 is 0 Å². The first-order chi connectivity index (χ1) is 13.6. The van der Waals surface area contributed by atoms with Crippen molar-refractivity contribution in [3.8, 4) is 0 Å². The summed E-state index contributed by atoms with van der Waals surface area (Å²) in [5.41, 5.74) is 4.46. The van der Waals surface area contributed by atoms with Gasteiger partial charge in [-0.05, 0) is 55.2 Å². The summed E-state index contributed by atoms with van der Waals surface area (Å²) < 4.78 is 6.62. The Labute approximate surface area is 168 Å². The Morgan fingerprint density at radius 2 is 1.93 bits per heavy atom. The third-order valence-electron chi connectivity index (χ3n) is 4.71. The first-order valence-electron chi connectivity index (χ1n) is 9.34. The summed E-state index contributed by atoms with van der Waals surface area (Å²) in [6.07, 6.45) is 2.77. The molecule has 2 heterocycles. The van der Waals surface area contributed by atoms with Gasteiger partial charge in [0.25, 0.3) is 0 Å². The molecule has 142 valence electrons. The zero-order valence-electron chi connectivity index (χ0n) is 16.0. The number of carbonyl (C=O) groups is 1. The Balaban J connectivity index is 1.63. The highest BCUT2D eigenvalue weighted by Gasteiger charge is 2.21. The summed E-state index contributed by atoms with van der Waals surface area (Å²) in [7, 11) is 0.